The maximum Gasteiger partial charge on any atom is 0.253 e. The summed E-state index contributed by atoms with van der Waals surface area (Å²) >= 11 is 3.40. The minimum absolute atomic E-state index is 0.0911. The van der Waals surface area contributed by atoms with Gasteiger partial charge in [-0.1, -0.05) is 22.0 Å². The normalized spacial score (nSPS) is 16.3. The minimum atomic E-state index is 0.0911. The monoisotopic (exact) mass is 325 g/mol. The lowest BCUT2D eigenvalue weighted by Gasteiger charge is -2.25. The third-order valence-corrected chi connectivity index (χ3v) is 4.13. The Kier molecular flexibility index (Phi) is 5.40. The van der Waals surface area contributed by atoms with Crippen LogP contribution in [0.1, 0.15) is 29.6 Å². The number of rotatable bonds is 4. The molecule has 104 valence electrons. The molecule has 1 aliphatic rings. The van der Waals surface area contributed by atoms with Gasteiger partial charge in [0, 0.05) is 36.8 Å². The zero-order valence-electron chi connectivity index (χ0n) is 11.3. The Labute approximate surface area is 123 Å². The second-order valence-electron chi connectivity index (χ2n) is 5.08. The summed E-state index contributed by atoms with van der Waals surface area (Å²) in [6.45, 7) is 2.55. The maximum atomic E-state index is 12.2. The summed E-state index contributed by atoms with van der Waals surface area (Å²) in [5, 5.41) is 0. The molecule has 4 heteroatoms. The molecule has 1 amide bonds. The first-order chi connectivity index (χ1) is 9.16. The number of benzene rings is 1. The van der Waals surface area contributed by atoms with E-state index >= 15 is 0 Å². The zero-order valence-corrected chi connectivity index (χ0v) is 12.9. The van der Waals surface area contributed by atoms with E-state index in [1.807, 2.05) is 36.2 Å². The molecule has 2 rings (SSSR count). The molecular formula is C15H20BrNO2. The van der Waals surface area contributed by atoms with Crippen LogP contribution in [0.5, 0.6) is 0 Å². The summed E-state index contributed by atoms with van der Waals surface area (Å²) in [5.74, 6) is 0.792. The fourth-order valence-electron chi connectivity index (χ4n) is 2.35. The lowest BCUT2D eigenvalue weighted by atomic mass is 9.96. The van der Waals surface area contributed by atoms with Crippen LogP contribution in [0.3, 0.4) is 0 Å². The Balaban J connectivity index is 1.85. The van der Waals surface area contributed by atoms with Gasteiger partial charge in [0.15, 0.2) is 0 Å². The summed E-state index contributed by atoms with van der Waals surface area (Å²) in [6.07, 6.45) is 3.32. The third kappa shape index (κ3) is 4.32. The standard InChI is InChI=1S/C15H20BrNO2/c1-17(8-5-12-6-9-19-10-7-12)15(18)13-3-2-4-14(16)11-13/h2-4,11-12H,5-10H2,1H3. The van der Waals surface area contributed by atoms with E-state index in [2.05, 4.69) is 15.9 Å². The molecule has 0 radical (unpaired) electrons. The number of nitrogens with zero attached hydrogens (tertiary/aromatic N) is 1. The van der Waals surface area contributed by atoms with E-state index in [0.29, 0.717) is 5.92 Å². The van der Waals surface area contributed by atoms with Crippen molar-refractivity contribution in [1.82, 2.24) is 4.90 Å². The number of hydrogen-bond acceptors (Lipinski definition) is 2. The highest BCUT2D eigenvalue weighted by Gasteiger charge is 2.17. The maximum absolute atomic E-state index is 12.2. The number of carbonyl (C=O) groups excluding carboxylic acids is 1. The van der Waals surface area contributed by atoms with Crippen molar-refractivity contribution in [3.8, 4) is 0 Å². The molecule has 0 bridgehead atoms. The summed E-state index contributed by atoms with van der Waals surface area (Å²) in [6, 6.07) is 7.55. The van der Waals surface area contributed by atoms with Crippen LogP contribution in [-0.4, -0.2) is 37.6 Å². The fraction of sp³-hybridized carbons (Fsp3) is 0.533. The Bertz CT molecular complexity index is 430. The molecule has 0 aromatic heterocycles. The molecule has 1 aliphatic heterocycles. The number of ether oxygens (including phenoxy) is 1. The van der Waals surface area contributed by atoms with Gasteiger partial charge in [-0.05, 0) is 43.4 Å². The van der Waals surface area contributed by atoms with Gasteiger partial charge < -0.3 is 9.64 Å². The van der Waals surface area contributed by atoms with Crippen LogP contribution in [0.25, 0.3) is 0 Å². The fourth-order valence-corrected chi connectivity index (χ4v) is 2.75. The Morgan fingerprint density at radius 2 is 2.16 bits per heavy atom. The number of carbonyl (C=O) groups is 1. The van der Waals surface area contributed by atoms with Gasteiger partial charge in [0.1, 0.15) is 0 Å². The molecule has 1 saturated heterocycles. The van der Waals surface area contributed by atoms with E-state index in [-0.39, 0.29) is 5.91 Å². The molecule has 1 aromatic carbocycles. The number of halogens is 1. The van der Waals surface area contributed by atoms with Crippen LogP contribution in [0.15, 0.2) is 28.7 Å². The molecule has 0 aliphatic carbocycles. The second-order valence-corrected chi connectivity index (χ2v) is 6.00. The SMILES string of the molecule is CN(CCC1CCOCC1)C(=O)c1cccc(Br)c1. The predicted octanol–water partition coefficient (Wildman–Crippen LogP) is 3.34. The van der Waals surface area contributed by atoms with Crippen LogP contribution in [-0.2, 0) is 4.74 Å². The molecular weight excluding hydrogens is 306 g/mol. The Morgan fingerprint density at radius 3 is 2.84 bits per heavy atom. The van der Waals surface area contributed by atoms with Crippen molar-refractivity contribution >= 4 is 21.8 Å². The molecule has 19 heavy (non-hydrogen) atoms. The molecule has 0 unspecified atom stereocenters. The Morgan fingerprint density at radius 1 is 1.42 bits per heavy atom. The topological polar surface area (TPSA) is 29.5 Å². The first-order valence-electron chi connectivity index (χ1n) is 6.75. The molecule has 1 heterocycles. The quantitative estimate of drug-likeness (QED) is 0.849. The number of hydrogen-bond donors (Lipinski definition) is 0. The van der Waals surface area contributed by atoms with Gasteiger partial charge in [-0.25, -0.2) is 0 Å². The van der Waals surface area contributed by atoms with Crippen LogP contribution in [0.2, 0.25) is 0 Å². The van der Waals surface area contributed by atoms with E-state index in [4.69, 9.17) is 4.74 Å². The molecule has 0 saturated carbocycles. The average Bonchev–Trinajstić information content (AvgIpc) is 2.45. The molecule has 3 nitrogen and oxygen atoms in total. The minimum Gasteiger partial charge on any atom is -0.381 e. The van der Waals surface area contributed by atoms with Crippen molar-refractivity contribution in [1.29, 1.82) is 0 Å². The van der Waals surface area contributed by atoms with Gasteiger partial charge in [-0.3, -0.25) is 4.79 Å². The van der Waals surface area contributed by atoms with Crippen LogP contribution in [0.4, 0.5) is 0 Å². The van der Waals surface area contributed by atoms with E-state index in [0.717, 1.165) is 49.1 Å². The van der Waals surface area contributed by atoms with Crippen molar-refractivity contribution in [2.24, 2.45) is 5.92 Å². The molecule has 0 spiro atoms. The van der Waals surface area contributed by atoms with Crippen molar-refractivity contribution in [2.45, 2.75) is 19.3 Å². The van der Waals surface area contributed by atoms with Crippen molar-refractivity contribution < 1.29 is 9.53 Å². The predicted molar refractivity (Wildman–Crippen MR) is 79.3 cm³/mol. The summed E-state index contributed by atoms with van der Waals surface area (Å²) in [4.78, 5) is 14.1. The van der Waals surface area contributed by atoms with E-state index in [1.165, 1.54) is 0 Å². The first-order valence-corrected chi connectivity index (χ1v) is 7.55. The molecule has 0 N–H and O–H groups in total. The highest BCUT2D eigenvalue weighted by molar-refractivity contribution is 9.10. The largest absolute Gasteiger partial charge is 0.381 e. The molecule has 0 atom stereocenters. The summed E-state index contributed by atoms with van der Waals surface area (Å²) < 4.78 is 6.29. The van der Waals surface area contributed by atoms with E-state index in [1.54, 1.807) is 0 Å². The molecule has 1 aromatic rings. The van der Waals surface area contributed by atoms with Crippen molar-refractivity contribution in [2.75, 3.05) is 26.8 Å². The summed E-state index contributed by atoms with van der Waals surface area (Å²) in [7, 11) is 1.88. The highest BCUT2D eigenvalue weighted by Crippen LogP contribution is 2.19. The average molecular weight is 326 g/mol. The van der Waals surface area contributed by atoms with Gasteiger partial charge >= 0.3 is 0 Å². The van der Waals surface area contributed by atoms with E-state index in [9.17, 15) is 4.79 Å². The zero-order chi connectivity index (χ0) is 13.7. The van der Waals surface area contributed by atoms with Gasteiger partial charge in [0.05, 0.1) is 0 Å². The highest BCUT2D eigenvalue weighted by atomic mass is 79.9. The smallest absolute Gasteiger partial charge is 0.253 e. The van der Waals surface area contributed by atoms with Crippen molar-refractivity contribution in [3.63, 3.8) is 0 Å². The van der Waals surface area contributed by atoms with Crippen molar-refractivity contribution in [3.05, 3.63) is 34.3 Å². The lowest BCUT2D eigenvalue weighted by molar-refractivity contribution is 0.0583. The molecule has 1 fully saturated rings. The van der Waals surface area contributed by atoms with Gasteiger partial charge in [-0.15, -0.1) is 0 Å². The van der Waals surface area contributed by atoms with E-state index < -0.39 is 0 Å². The Hall–Kier alpha value is -0.870. The van der Waals surface area contributed by atoms with Crippen LogP contribution >= 0.6 is 15.9 Å². The van der Waals surface area contributed by atoms with Crippen LogP contribution < -0.4 is 0 Å². The van der Waals surface area contributed by atoms with Crippen LogP contribution in [0, 0.1) is 5.92 Å². The third-order valence-electron chi connectivity index (χ3n) is 3.63. The lowest BCUT2D eigenvalue weighted by Crippen LogP contribution is -2.30. The second kappa shape index (κ2) is 7.06. The number of amides is 1. The van der Waals surface area contributed by atoms with Gasteiger partial charge in [0.2, 0.25) is 0 Å². The van der Waals surface area contributed by atoms with Gasteiger partial charge in [-0.2, -0.15) is 0 Å². The summed E-state index contributed by atoms with van der Waals surface area (Å²) in [5.41, 5.74) is 0.740. The van der Waals surface area contributed by atoms with Gasteiger partial charge in [0.25, 0.3) is 5.91 Å². The first kappa shape index (κ1) is 14.5.